The molecule has 0 bridgehead atoms. The lowest BCUT2D eigenvalue weighted by Gasteiger charge is -2.32. The molecule has 0 aromatic heterocycles. The van der Waals surface area contributed by atoms with Crippen molar-refractivity contribution in [1.82, 2.24) is 10.6 Å². The maximum atomic E-state index is 11.7. The molecule has 1 spiro atoms. The first-order valence-corrected chi connectivity index (χ1v) is 6.73. The highest BCUT2D eigenvalue weighted by atomic mass is 16.6. The van der Waals surface area contributed by atoms with Crippen molar-refractivity contribution in [1.29, 1.82) is 0 Å². The van der Waals surface area contributed by atoms with E-state index in [1.807, 2.05) is 20.8 Å². The first kappa shape index (κ1) is 13.6. The maximum absolute atomic E-state index is 11.7. The van der Waals surface area contributed by atoms with Crippen LogP contribution < -0.4 is 10.6 Å². The Labute approximate surface area is 109 Å². The minimum absolute atomic E-state index is 0.0229. The van der Waals surface area contributed by atoms with E-state index in [1.54, 1.807) is 0 Å². The van der Waals surface area contributed by atoms with Crippen molar-refractivity contribution in [2.45, 2.75) is 57.3 Å². The SMILES string of the molecule is CC(C)(C)OC(=O)N[C@H]1COC2(CCNCC2)C1. The summed E-state index contributed by atoms with van der Waals surface area (Å²) < 4.78 is 11.2. The Hall–Kier alpha value is -0.810. The predicted molar refractivity (Wildman–Crippen MR) is 68.6 cm³/mol. The third-order valence-electron chi connectivity index (χ3n) is 3.44. The fraction of sp³-hybridized carbons (Fsp3) is 0.923. The Kier molecular flexibility index (Phi) is 3.82. The van der Waals surface area contributed by atoms with Gasteiger partial charge < -0.3 is 20.1 Å². The van der Waals surface area contributed by atoms with Crippen molar-refractivity contribution < 1.29 is 14.3 Å². The summed E-state index contributed by atoms with van der Waals surface area (Å²) in [5.74, 6) is 0. The summed E-state index contributed by atoms with van der Waals surface area (Å²) in [6, 6.07) is 0.0814. The topological polar surface area (TPSA) is 59.6 Å². The third-order valence-corrected chi connectivity index (χ3v) is 3.44. The molecule has 5 heteroatoms. The molecule has 1 amide bonds. The zero-order valence-corrected chi connectivity index (χ0v) is 11.5. The molecule has 104 valence electrons. The molecule has 5 nitrogen and oxygen atoms in total. The van der Waals surface area contributed by atoms with Gasteiger partial charge in [0.05, 0.1) is 18.2 Å². The molecular formula is C13H24N2O3. The van der Waals surface area contributed by atoms with Crippen LogP contribution in [0.4, 0.5) is 4.79 Å². The minimum atomic E-state index is -0.448. The lowest BCUT2D eigenvalue weighted by molar-refractivity contribution is -0.0195. The second kappa shape index (κ2) is 5.05. The molecule has 2 heterocycles. The van der Waals surface area contributed by atoms with Crippen molar-refractivity contribution in [3.63, 3.8) is 0 Å². The van der Waals surface area contributed by atoms with Crippen molar-refractivity contribution in [2.24, 2.45) is 0 Å². The van der Waals surface area contributed by atoms with Crippen LogP contribution >= 0.6 is 0 Å². The molecular weight excluding hydrogens is 232 g/mol. The molecule has 0 aromatic carbocycles. The second-order valence-corrected chi connectivity index (χ2v) is 6.29. The number of nitrogens with one attached hydrogen (secondary N) is 2. The molecule has 0 unspecified atom stereocenters. The molecule has 1 atom stereocenters. The van der Waals surface area contributed by atoms with E-state index < -0.39 is 5.60 Å². The summed E-state index contributed by atoms with van der Waals surface area (Å²) in [5.41, 5.74) is -0.471. The van der Waals surface area contributed by atoms with Gasteiger partial charge in [-0.05, 0) is 53.1 Å². The van der Waals surface area contributed by atoms with Gasteiger partial charge in [0.1, 0.15) is 5.60 Å². The van der Waals surface area contributed by atoms with E-state index in [4.69, 9.17) is 9.47 Å². The highest BCUT2D eigenvalue weighted by Crippen LogP contribution is 2.33. The number of rotatable bonds is 1. The molecule has 2 rings (SSSR count). The fourth-order valence-electron chi connectivity index (χ4n) is 2.64. The van der Waals surface area contributed by atoms with Gasteiger partial charge in [-0.3, -0.25) is 0 Å². The molecule has 2 fully saturated rings. The monoisotopic (exact) mass is 256 g/mol. The Morgan fingerprint density at radius 2 is 2.06 bits per heavy atom. The number of carbonyl (C=O) groups is 1. The van der Waals surface area contributed by atoms with Crippen molar-refractivity contribution >= 4 is 6.09 Å². The van der Waals surface area contributed by atoms with Crippen LogP contribution in [0.25, 0.3) is 0 Å². The summed E-state index contributed by atoms with van der Waals surface area (Å²) in [4.78, 5) is 11.7. The summed E-state index contributed by atoms with van der Waals surface area (Å²) >= 11 is 0. The largest absolute Gasteiger partial charge is 0.444 e. The first-order chi connectivity index (χ1) is 8.39. The molecule has 2 saturated heterocycles. The van der Waals surface area contributed by atoms with E-state index >= 15 is 0 Å². The van der Waals surface area contributed by atoms with Crippen LogP contribution in [0.2, 0.25) is 0 Å². The standard InChI is InChI=1S/C13H24N2O3/c1-12(2,3)18-11(16)15-10-8-13(17-9-10)4-6-14-7-5-13/h10,14H,4-9H2,1-3H3,(H,15,16)/t10-/m1/s1. The fourth-order valence-corrected chi connectivity index (χ4v) is 2.64. The molecule has 2 aliphatic heterocycles. The molecule has 0 aliphatic carbocycles. The second-order valence-electron chi connectivity index (χ2n) is 6.29. The molecule has 0 radical (unpaired) electrons. The van der Waals surface area contributed by atoms with Crippen LogP contribution in [0, 0.1) is 0 Å². The average Bonchev–Trinajstić information content (AvgIpc) is 2.59. The minimum Gasteiger partial charge on any atom is -0.444 e. The number of carbonyl (C=O) groups excluding carboxylic acids is 1. The van der Waals surface area contributed by atoms with E-state index in [1.165, 1.54) is 0 Å². The molecule has 18 heavy (non-hydrogen) atoms. The van der Waals surface area contributed by atoms with E-state index in [-0.39, 0.29) is 17.7 Å². The van der Waals surface area contributed by atoms with Crippen LogP contribution in [-0.2, 0) is 9.47 Å². The normalized spacial score (nSPS) is 27.2. The van der Waals surface area contributed by atoms with Gasteiger partial charge in [-0.1, -0.05) is 0 Å². The number of hydrogen-bond donors (Lipinski definition) is 2. The van der Waals surface area contributed by atoms with Gasteiger partial charge in [0.15, 0.2) is 0 Å². The van der Waals surface area contributed by atoms with Gasteiger partial charge in [-0.15, -0.1) is 0 Å². The zero-order valence-electron chi connectivity index (χ0n) is 11.5. The number of amides is 1. The van der Waals surface area contributed by atoms with Crippen molar-refractivity contribution in [3.8, 4) is 0 Å². The van der Waals surface area contributed by atoms with Gasteiger partial charge in [0.25, 0.3) is 0 Å². The van der Waals surface area contributed by atoms with Crippen molar-refractivity contribution in [2.75, 3.05) is 19.7 Å². The van der Waals surface area contributed by atoms with Crippen LogP contribution in [0.1, 0.15) is 40.0 Å². The van der Waals surface area contributed by atoms with Crippen molar-refractivity contribution in [3.05, 3.63) is 0 Å². The van der Waals surface area contributed by atoms with Gasteiger partial charge in [-0.25, -0.2) is 4.79 Å². The van der Waals surface area contributed by atoms with Gasteiger partial charge >= 0.3 is 6.09 Å². The Bertz CT molecular complexity index is 306. The lowest BCUT2D eigenvalue weighted by Crippen LogP contribution is -2.43. The number of piperidine rings is 1. The van der Waals surface area contributed by atoms with E-state index in [2.05, 4.69) is 10.6 Å². The number of ether oxygens (including phenoxy) is 2. The first-order valence-electron chi connectivity index (χ1n) is 6.73. The highest BCUT2D eigenvalue weighted by molar-refractivity contribution is 5.68. The lowest BCUT2D eigenvalue weighted by atomic mass is 9.88. The van der Waals surface area contributed by atoms with Crippen LogP contribution in [0.5, 0.6) is 0 Å². The van der Waals surface area contributed by atoms with Gasteiger partial charge in [-0.2, -0.15) is 0 Å². The summed E-state index contributed by atoms with van der Waals surface area (Å²) in [7, 11) is 0. The number of hydrogen-bond acceptors (Lipinski definition) is 4. The van der Waals surface area contributed by atoms with E-state index in [9.17, 15) is 4.79 Å². The van der Waals surface area contributed by atoms with E-state index in [0.29, 0.717) is 6.61 Å². The highest BCUT2D eigenvalue weighted by Gasteiger charge is 2.41. The van der Waals surface area contributed by atoms with Gasteiger partial charge in [0.2, 0.25) is 0 Å². The smallest absolute Gasteiger partial charge is 0.407 e. The van der Waals surface area contributed by atoms with Crippen LogP contribution in [-0.4, -0.2) is 43.0 Å². The van der Waals surface area contributed by atoms with Crippen LogP contribution in [0.3, 0.4) is 0 Å². The summed E-state index contributed by atoms with van der Waals surface area (Å²) in [6.45, 7) is 8.20. The third kappa shape index (κ3) is 3.59. The Morgan fingerprint density at radius 1 is 1.39 bits per heavy atom. The maximum Gasteiger partial charge on any atom is 0.407 e. The molecule has 0 saturated carbocycles. The number of alkyl carbamates (subject to hydrolysis) is 1. The Morgan fingerprint density at radius 3 is 2.67 bits per heavy atom. The van der Waals surface area contributed by atoms with E-state index in [0.717, 1.165) is 32.4 Å². The molecule has 0 aromatic rings. The molecule has 2 N–H and O–H groups in total. The quantitative estimate of drug-likeness (QED) is 0.745. The average molecular weight is 256 g/mol. The predicted octanol–water partition coefficient (Wildman–Crippen LogP) is 1.42. The van der Waals surface area contributed by atoms with Gasteiger partial charge in [0, 0.05) is 0 Å². The Balaban J connectivity index is 1.80. The molecule has 2 aliphatic rings. The zero-order chi connectivity index (χ0) is 13.2. The van der Waals surface area contributed by atoms with Crippen LogP contribution in [0.15, 0.2) is 0 Å². The summed E-state index contributed by atoms with van der Waals surface area (Å²) in [5, 5.41) is 6.23. The summed E-state index contributed by atoms with van der Waals surface area (Å²) in [6.07, 6.45) is 2.61.